The van der Waals surface area contributed by atoms with Gasteiger partial charge in [-0.3, -0.25) is 0 Å². The SMILES string of the molecule is C1CCCC1.C1CCCC1.[F][Ti][F]. The van der Waals surface area contributed by atoms with Gasteiger partial charge in [-0.15, -0.1) is 0 Å². The van der Waals surface area contributed by atoms with Gasteiger partial charge in [0.05, 0.1) is 0 Å². The average molecular weight is 226 g/mol. The first-order valence-electron chi connectivity index (χ1n) is 5.38. The Morgan fingerprint density at radius 1 is 0.462 bits per heavy atom. The molecule has 0 bridgehead atoms. The van der Waals surface area contributed by atoms with Gasteiger partial charge >= 0.3 is 26.4 Å². The van der Waals surface area contributed by atoms with Crippen molar-refractivity contribution in [3.05, 3.63) is 0 Å². The zero-order valence-corrected chi connectivity index (χ0v) is 9.89. The fourth-order valence-electron chi connectivity index (χ4n) is 1.77. The normalized spacial score (nSPS) is 19.5. The zero-order valence-electron chi connectivity index (χ0n) is 8.33. The molecule has 2 rings (SSSR count). The Kier molecular flexibility index (Phi) is 13.1. The van der Waals surface area contributed by atoms with Gasteiger partial charge in [0, 0.05) is 0 Å². The van der Waals surface area contributed by atoms with Crippen LogP contribution in [-0.2, 0) is 20.2 Å². The quantitative estimate of drug-likeness (QED) is 0.523. The maximum atomic E-state index is 9.75. The molecule has 0 aromatic rings. The molecule has 2 aliphatic rings. The van der Waals surface area contributed by atoms with Crippen molar-refractivity contribution in [1.29, 1.82) is 0 Å². The molecule has 0 aromatic heterocycles. The summed E-state index contributed by atoms with van der Waals surface area (Å²) in [7, 11) is 0. The molecular weight excluding hydrogens is 206 g/mol. The summed E-state index contributed by atoms with van der Waals surface area (Å²) in [6, 6.07) is 0. The fourth-order valence-corrected chi connectivity index (χ4v) is 1.77. The third-order valence-corrected chi connectivity index (χ3v) is 2.50. The van der Waals surface area contributed by atoms with E-state index in [0.717, 1.165) is 0 Å². The molecule has 0 aliphatic heterocycles. The summed E-state index contributed by atoms with van der Waals surface area (Å²) < 4.78 is 19.5. The van der Waals surface area contributed by atoms with Gasteiger partial charge in [0.1, 0.15) is 0 Å². The average Bonchev–Trinajstić information content (AvgIpc) is 2.85. The molecule has 13 heavy (non-hydrogen) atoms. The van der Waals surface area contributed by atoms with E-state index in [1.807, 2.05) is 0 Å². The third-order valence-electron chi connectivity index (χ3n) is 2.50. The maximum absolute atomic E-state index is 9.75. The van der Waals surface area contributed by atoms with Gasteiger partial charge in [-0.2, -0.15) is 0 Å². The number of rotatable bonds is 0. The van der Waals surface area contributed by atoms with Gasteiger partial charge in [0.15, 0.2) is 0 Å². The first-order chi connectivity index (χ1) is 6.41. The Hall–Kier alpha value is 0.574. The van der Waals surface area contributed by atoms with Crippen LogP contribution in [0.2, 0.25) is 0 Å². The van der Waals surface area contributed by atoms with Gasteiger partial charge in [0.25, 0.3) is 0 Å². The fraction of sp³-hybridized carbons (Fsp3) is 1.00. The van der Waals surface area contributed by atoms with Crippen LogP contribution in [0.3, 0.4) is 0 Å². The molecule has 2 aliphatic carbocycles. The molecule has 0 amide bonds. The Labute approximate surface area is 90.8 Å². The summed E-state index contributed by atoms with van der Waals surface area (Å²) in [5, 5.41) is 0. The van der Waals surface area contributed by atoms with E-state index in [1.54, 1.807) is 0 Å². The van der Waals surface area contributed by atoms with Crippen molar-refractivity contribution in [3.8, 4) is 0 Å². The van der Waals surface area contributed by atoms with Crippen LogP contribution in [0.5, 0.6) is 0 Å². The molecule has 0 atom stereocenters. The Balaban J connectivity index is 0.000000174. The molecule has 0 aromatic carbocycles. The minimum atomic E-state index is -2.50. The van der Waals surface area contributed by atoms with Gasteiger partial charge < -0.3 is 0 Å². The Bertz CT molecular complexity index is 55.8. The van der Waals surface area contributed by atoms with Crippen LogP contribution in [0.4, 0.5) is 6.18 Å². The van der Waals surface area contributed by atoms with E-state index >= 15 is 0 Å². The van der Waals surface area contributed by atoms with Gasteiger partial charge in [-0.05, 0) is 0 Å². The summed E-state index contributed by atoms with van der Waals surface area (Å²) in [5.41, 5.74) is 0. The number of halogens is 2. The van der Waals surface area contributed by atoms with E-state index in [9.17, 15) is 6.18 Å². The molecule has 0 heterocycles. The molecule has 78 valence electrons. The second kappa shape index (κ2) is 12.6. The van der Waals surface area contributed by atoms with Gasteiger partial charge in [0.2, 0.25) is 0 Å². The first-order valence-corrected chi connectivity index (χ1v) is 6.56. The molecule has 2 fully saturated rings. The van der Waals surface area contributed by atoms with Crippen molar-refractivity contribution in [2.24, 2.45) is 0 Å². The van der Waals surface area contributed by atoms with Gasteiger partial charge in [-0.25, -0.2) is 0 Å². The van der Waals surface area contributed by atoms with Crippen LogP contribution in [0.15, 0.2) is 0 Å². The summed E-state index contributed by atoms with van der Waals surface area (Å²) in [6.07, 6.45) is 15.0. The summed E-state index contributed by atoms with van der Waals surface area (Å²) in [5.74, 6) is 0. The molecule has 0 N–H and O–H groups in total. The van der Waals surface area contributed by atoms with E-state index in [4.69, 9.17) is 0 Å². The zero-order chi connectivity index (χ0) is 9.78. The predicted molar refractivity (Wildman–Crippen MR) is 48.4 cm³/mol. The third kappa shape index (κ3) is 12.6. The van der Waals surface area contributed by atoms with Crippen LogP contribution in [-0.4, -0.2) is 0 Å². The minimum absolute atomic E-state index is 1.50. The summed E-state index contributed by atoms with van der Waals surface area (Å²) in [4.78, 5) is 0. The molecule has 2 saturated carbocycles. The second-order valence-corrected chi connectivity index (χ2v) is 3.83. The van der Waals surface area contributed by atoms with Crippen LogP contribution in [0, 0.1) is 0 Å². The van der Waals surface area contributed by atoms with Crippen molar-refractivity contribution in [1.82, 2.24) is 0 Å². The Morgan fingerprint density at radius 2 is 0.538 bits per heavy atom. The predicted octanol–water partition coefficient (Wildman–Crippen LogP) is 4.74. The molecule has 0 saturated heterocycles. The molecule has 0 nitrogen and oxygen atoms in total. The van der Waals surface area contributed by atoms with Gasteiger partial charge in [-0.1, -0.05) is 64.2 Å². The van der Waals surface area contributed by atoms with Crippen molar-refractivity contribution in [3.63, 3.8) is 0 Å². The van der Waals surface area contributed by atoms with Crippen LogP contribution in [0.25, 0.3) is 0 Å². The molecular formula is C10H20F2Ti. The first kappa shape index (κ1) is 13.6. The Morgan fingerprint density at radius 3 is 0.615 bits per heavy atom. The molecule has 0 radical (unpaired) electrons. The monoisotopic (exact) mass is 226 g/mol. The van der Waals surface area contributed by atoms with Crippen LogP contribution < -0.4 is 0 Å². The second-order valence-electron chi connectivity index (χ2n) is 3.61. The van der Waals surface area contributed by atoms with E-state index in [2.05, 4.69) is 0 Å². The van der Waals surface area contributed by atoms with E-state index in [-0.39, 0.29) is 0 Å². The molecule has 0 unspecified atom stereocenters. The summed E-state index contributed by atoms with van der Waals surface area (Å²) >= 11 is -2.50. The van der Waals surface area contributed by atoms with E-state index < -0.39 is 20.2 Å². The van der Waals surface area contributed by atoms with Crippen LogP contribution >= 0.6 is 0 Å². The van der Waals surface area contributed by atoms with E-state index in [1.165, 1.54) is 64.2 Å². The molecule has 3 heteroatoms. The van der Waals surface area contributed by atoms with Crippen LogP contribution in [0.1, 0.15) is 64.2 Å². The van der Waals surface area contributed by atoms with Crippen molar-refractivity contribution >= 4 is 0 Å². The topological polar surface area (TPSA) is 0 Å². The van der Waals surface area contributed by atoms with Crippen molar-refractivity contribution in [2.75, 3.05) is 0 Å². The number of hydrogen-bond acceptors (Lipinski definition) is 0. The standard InChI is InChI=1S/2C5H10.2FH.Ti/c2*1-2-4-5-3-1;;;/h2*1-5H2;2*1H;/q;;;;+2/p-2. The number of hydrogen-bond donors (Lipinski definition) is 0. The molecule has 0 spiro atoms. The van der Waals surface area contributed by atoms with Crippen molar-refractivity contribution in [2.45, 2.75) is 64.2 Å². The van der Waals surface area contributed by atoms with E-state index in [0.29, 0.717) is 0 Å². The van der Waals surface area contributed by atoms with Crippen molar-refractivity contribution < 1.29 is 26.4 Å². The summed E-state index contributed by atoms with van der Waals surface area (Å²) in [6.45, 7) is 0.